The zero-order valence-electron chi connectivity index (χ0n) is 21.5. The summed E-state index contributed by atoms with van der Waals surface area (Å²) < 4.78 is 0. The summed E-state index contributed by atoms with van der Waals surface area (Å²) in [6.07, 6.45) is 12.9. The van der Waals surface area contributed by atoms with Crippen LogP contribution in [0, 0.1) is 51.8 Å². The fourth-order valence-electron chi connectivity index (χ4n) is 9.44. The third-order valence-corrected chi connectivity index (χ3v) is 11.1. The van der Waals surface area contributed by atoms with Crippen molar-refractivity contribution in [3.05, 3.63) is 11.6 Å². The maximum Gasteiger partial charge on any atom is 0.0628 e. The molecule has 2 heteroatoms. The highest BCUT2D eigenvalue weighted by atomic mass is 16.3. The number of rotatable bonds is 5. The van der Waals surface area contributed by atoms with E-state index in [4.69, 9.17) is 0 Å². The predicted octanol–water partition coefficient (Wildman–Crippen LogP) is 7.00. The molecule has 0 unspecified atom stereocenters. The highest BCUT2D eigenvalue weighted by Crippen LogP contribution is 2.68. The van der Waals surface area contributed by atoms with Crippen molar-refractivity contribution in [3.8, 4) is 0 Å². The fraction of sp³-hybridized carbons (Fsp3) is 0.931. The molecule has 31 heavy (non-hydrogen) atoms. The number of allylic oxidation sites excluding steroid dienone is 1. The van der Waals surface area contributed by atoms with Gasteiger partial charge < -0.3 is 10.2 Å². The Morgan fingerprint density at radius 3 is 2.39 bits per heavy atom. The number of aliphatic hydroxyl groups is 2. The van der Waals surface area contributed by atoms with Crippen LogP contribution >= 0.6 is 0 Å². The summed E-state index contributed by atoms with van der Waals surface area (Å²) in [5, 5.41) is 22.2. The summed E-state index contributed by atoms with van der Waals surface area (Å²) >= 11 is 0. The molecule has 0 aromatic rings. The minimum Gasteiger partial charge on any atom is -0.393 e. The van der Waals surface area contributed by atoms with Gasteiger partial charge in [0.05, 0.1) is 12.2 Å². The van der Waals surface area contributed by atoms with E-state index in [1.54, 1.807) is 0 Å². The van der Waals surface area contributed by atoms with Crippen molar-refractivity contribution < 1.29 is 10.2 Å². The van der Waals surface area contributed by atoms with E-state index >= 15 is 0 Å². The van der Waals surface area contributed by atoms with Crippen molar-refractivity contribution in [1.82, 2.24) is 0 Å². The van der Waals surface area contributed by atoms with Crippen molar-refractivity contribution in [2.45, 2.75) is 118 Å². The van der Waals surface area contributed by atoms with Crippen molar-refractivity contribution in [3.63, 3.8) is 0 Å². The van der Waals surface area contributed by atoms with Gasteiger partial charge in [0, 0.05) is 5.41 Å². The zero-order chi connectivity index (χ0) is 22.8. The first-order valence-corrected chi connectivity index (χ1v) is 13.5. The van der Waals surface area contributed by atoms with Crippen LogP contribution in [0.15, 0.2) is 11.6 Å². The van der Waals surface area contributed by atoms with Crippen LogP contribution in [0.3, 0.4) is 0 Å². The van der Waals surface area contributed by atoms with Gasteiger partial charge in [-0.05, 0) is 84.9 Å². The average molecular weight is 431 g/mol. The van der Waals surface area contributed by atoms with Gasteiger partial charge in [-0.25, -0.2) is 0 Å². The van der Waals surface area contributed by atoms with E-state index in [1.165, 1.54) is 37.7 Å². The third-order valence-electron chi connectivity index (χ3n) is 11.1. The molecule has 9 atom stereocenters. The summed E-state index contributed by atoms with van der Waals surface area (Å²) in [4.78, 5) is 0. The number of hydrogen-bond donors (Lipinski definition) is 2. The Bertz CT molecular complexity index is 693. The summed E-state index contributed by atoms with van der Waals surface area (Å²) in [5.74, 6) is 3.91. The second-order valence-corrected chi connectivity index (χ2v) is 13.6. The van der Waals surface area contributed by atoms with Gasteiger partial charge in [-0.1, -0.05) is 79.4 Å². The molecule has 2 nitrogen and oxygen atoms in total. The maximum absolute atomic E-state index is 11.4. The quantitative estimate of drug-likeness (QED) is 0.461. The molecule has 4 aliphatic carbocycles. The molecule has 0 heterocycles. The number of hydrogen-bond acceptors (Lipinski definition) is 2. The molecule has 0 aromatic carbocycles. The third kappa shape index (κ3) is 3.67. The second-order valence-electron chi connectivity index (χ2n) is 13.6. The van der Waals surface area contributed by atoms with Gasteiger partial charge in [-0.3, -0.25) is 0 Å². The van der Waals surface area contributed by atoms with Gasteiger partial charge >= 0.3 is 0 Å². The van der Waals surface area contributed by atoms with Crippen molar-refractivity contribution in [2.75, 3.05) is 0 Å². The highest BCUT2D eigenvalue weighted by molar-refractivity contribution is 5.31. The van der Waals surface area contributed by atoms with Gasteiger partial charge in [0.1, 0.15) is 0 Å². The smallest absolute Gasteiger partial charge is 0.0628 e. The van der Waals surface area contributed by atoms with Gasteiger partial charge in [0.15, 0.2) is 0 Å². The predicted molar refractivity (Wildman–Crippen MR) is 130 cm³/mol. The molecule has 4 rings (SSSR count). The first-order valence-electron chi connectivity index (χ1n) is 13.5. The van der Waals surface area contributed by atoms with Crippen LogP contribution in [0.25, 0.3) is 0 Å². The Labute approximate surface area is 192 Å². The molecule has 3 fully saturated rings. The second kappa shape index (κ2) is 8.15. The molecule has 0 saturated heterocycles. The Morgan fingerprint density at radius 2 is 1.71 bits per heavy atom. The molecule has 0 radical (unpaired) electrons. The van der Waals surface area contributed by atoms with E-state index in [2.05, 4.69) is 54.5 Å². The first kappa shape index (κ1) is 23.8. The molecule has 2 N–H and O–H groups in total. The van der Waals surface area contributed by atoms with Crippen LogP contribution < -0.4 is 0 Å². The van der Waals surface area contributed by atoms with E-state index in [1.807, 2.05) is 0 Å². The topological polar surface area (TPSA) is 40.5 Å². The Kier molecular flexibility index (Phi) is 6.26. The van der Waals surface area contributed by atoms with Crippen LogP contribution in [0.1, 0.15) is 106 Å². The lowest BCUT2D eigenvalue weighted by Crippen LogP contribution is -2.55. The van der Waals surface area contributed by atoms with Crippen LogP contribution in [0.2, 0.25) is 0 Å². The zero-order valence-corrected chi connectivity index (χ0v) is 21.5. The van der Waals surface area contributed by atoms with Crippen LogP contribution in [0.4, 0.5) is 0 Å². The molecule has 3 saturated carbocycles. The van der Waals surface area contributed by atoms with Crippen molar-refractivity contribution >= 4 is 0 Å². The Balaban J connectivity index is 1.58. The van der Waals surface area contributed by atoms with E-state index in [9.17, 15) is 10.2 Å². The minimum atomic E-state index is -0.217. The summed E-state index contributed by atoms with van der Waals surface area (Å²) in [7, 11) is 0. The summed E-state index contributed by atoms with van der Waals surface area (Å²) in [5.41, 5.74) is 1.91. The van der Waals surface area contributed by atoms with Gasteiger partial charge in [0.2, 0.25) is 0 Å². The first-order chi connectivity index (χ1) is 14.4. The lowest BCUT2D eigenvalue weighted by molar-refractivity contribution is -0.0961. The Hall–Kier alpha value is -0.340. The molecule has 0 aliphatic heterocycles. The van der Waals surface area contributed by atoms with E-state index in [-0.39, 0.29) is 23.0 Å². The molecular weight excluding hydrogens is 380 g/mol. The number of fused-ring (bicyclic) bond motifs is 5. The van der Waals surface area contributed by atoms with Crippen molar-refractivity contribution in [1.29, 1.82) is 0 Å². The lowest BCUT2D eigenvalue weighted by atomic mass is 9.44. The van der Waals surface area contributed by atoms with Gasteiger partial charge in [0.25, 0.3) is 0 Å². The normalized spacial score (nSPS) is 47.4. The largest absolute Gasteiger partial charge is 0.393 e. The molecule has 178 valence electrons. The minimum absolute atomic E-state index is 0.111. The summed E-state index contributed by atoms with van der Waals surface area (Å²) in [6, 6.07) is 0. The van der Waals surface area contributed by atoms with Gasteiger partial charge in [-0.2, -0.15) is 0 Å². The van der Waals surface area contributed by atoms with Gasteiger partial charge in [-0.15, -0.1) is 0 Å². The Morgan fingerprint density at radius 1 is 1.00 bits per heavy atom. The average Bonchev–Trinajstić information content (AvgIpc) is 2.96. The molecule has 0 bridgehead atoms. The molecule has 4 aliphatic rings. The van der Waals surface area contributed by atoms with Crippen LogP contribution in [-0.2, 0) is 0 Å². The molecule has 0 aromatic heterocycles. The molecular formula is C29H50O2. The molecule has 0 spiro atoms. The van der Waals surface area contributed by atoms with E-state index in [0.717, 1.165) is 31.6 Å². The fourth-order valence-corrected chi connectivity index (χ4v) is 9.44. The number of aliphatic hydroxyl groups excluding tert-OH is 2. The van der Waals surface area contributed by atoms with Crippen LogP contribution in [0.5, 0.6) is 0 Å². The highest BCUT2D eigenvalue weighted by Gasteiger charge is 2.63. The maximum atomic E-state index is 11.4. The van der Waals surface area contributed by atoms with E-state index in [0.29, 0.717) is 35.0 Å². The summed E-state index contributed by atoms with van der Waals surface area (Å²) in [6.45, 7) is 16.7. The molecule has 0 amide bonds. The van der Waals surface area contributed by atoms with E-state index < -0.39 is 0 Å². The SMILES string of the molecule is CC(C)CCC[C@@H](C)[C@H]1C[C@@H](O)[C@H]2[C@@H]3CC=C4C(C)(C)[C@H](O)CC[C@]4(C)[C@H]3CC[C@@]21C. The van der Waals surface area contributed by atoms with Crippen molar-refractivity contribution in [2.24, 2.45) is 51.8 Å². The van der Waals surface area contributed by atoms with Crippen LogP contribution in [-0.4, -0.2) is 22.4 Å². The lowest BCUT2D eigenvalue weighted by Gasteiger charge is -2.61. The standard InChI is InChI=1S/C29H50O2/c1-18(2)9-8-10-19(3)22-17-23(30)26-20-11-12-24-27(4,5)25(31)14-16-28(24,6)21(20)13-15-29(22,26)7/h12,18-23,25-26,30-31H,8-11,13-17H2,1-7H3/t19-,20-,21+,22-,23-,25-,26-,28-,29-/m1/s1. The monoisotopic (exact) mass is 430 g/mol.